The minimum absolute atomic E-state index is 0.184. The van der Waals surface area contributed by atoms with E-state index in [1.165, 1.54) is 0 Å². The summed E-state index contributed by atoms with van der Waals surface area (Å²) in [5.41, 5.74) is 1.56. The van der Waals surface area contributed by atoms with Gasteiger partial charge >= 0.3 is 0 Å². The van der Waals surface area contributed by atoms with Gasteiger partial charge in [0.1, 0.15) is 0 Å². The Morgan fingerprint density at radius 1 is 1.18 bits per heavy atom. The fourth-order valence-electron chi connectivity index (χ4n) is 2.62. The first kappa shape index (κ1) is 22.0. The third-order valence-electron chi connectivity index (χ3n) is 3.76. The van der Waals surface area contributed by atoms with Gasteiger partial charge in [0.15, 0.2) is 11.5 Å². The van der Waals surface area contributed by atoms with E-state index < -0.39 is 5.76 Å². The first-order valence-electron chi connectivity index (χ1n) is 8.74. The van der Waals surface area contributed by atoms with Crippen LogP contribution in [-0.4, -0.2) is 43.9 Å². The molecule has 0 spiro atoms. The Bertz CT molecular complexity index is 773. The lowest BCUT2D eigenvalue weighted by Crippen LogP contribution is -2.29. The maximum atomic E-state index is 12.3. The summed E-state index contributed by atoms with van der Waals surface area (Å²) in [5.74, 6) is -1.31. The molecule has 28 heavy (non-hydrogen) atoms. The van der Waals surface area contributed by atoms with Crippen molar-refractivity contribution in [3.05, 3.63) is 48.0 Å². The summed E-state index contributed by atoms with van der Waals surface area (Å²) in [6.07, 6.45) is 0. The molecule has 0 aliphatic rings. The highest BCUT2D eigenvalue weighted by atomic mass is 32.2. The topological polar surface area (TPSA) is 50.8 Å². The lowest BCUT2D eigenvalue weighted by atomic mass is 10.2. The van der Waals surface area contributed by atoms with Gasteiger partial charge in [-0.15, -0.1) is 0 Å². The molecular formula is C20H24F2N2O3S. The van der Waals surface area contributed by atoms with Gasteiger partial charge in [-0.3, -0.25) is 9.69 Å². The minimum Gasteiger partial charge on any atom is -0.493 e. The summed E-state index contributed by atoms with van der Waals surface area (Å²) >= 11 is 0.471. The number of hydrogen-bond donors (Lipinski definition) is 1. The quantitative estimate of drug-likeness (QED) is 0.586. The van der Waals surface area contributed by atoms with Crippen LogP contribution in [0.2, 0.25) is 0 Å². The van der Waals surface area contributed by atoms with Gasteiger partial charge in [-0.05, 0) is 55.9 Å². The molecule has 0 atom stereocenters. The number of rotatable bonds is 10. The van der Waals surface area contributed by atoms with Gasteiger partial charge in [-0.1, -0.05) is 17.8 Å². The number of halogens is 2. The molecule has 0 saturated heterocycles. The van der Waals surface area contributed by atoms with Gasteiger partial charge in [-0.2, -0.15) is 8.78 Å². The second kappa shape index (κ2) is 10.9. The number of methoxy groups -OCH3 is 1. The summed E-state index contributed by atoms with van der Waals surface area (Å²) in [5, 5.41) is 2.77. The Balaban J connectivity index is 1.88. The highest BCUT2D eigenvalue weighted by molar-refractivity contribution is 7.99. The number of carbonyl (C=O) groups is 1. The molecule has 0 aromatic heterocycles. The van der Waals surface area contributed by atoms with E-state index in [4.69, 9.17) is 9.47 Å². The molecule has 0 fully saturated rings. The number of ether oxygens (including phenoxy) is 2. The summed E-state index contributed by atoms with van der Waals surface area (Å²) in [6, 6.07) is 12.0. The van der Waals surface area contributed by atoms with Crippen LogP contribution >= 0.6 is 11.8 Å². The normalized spacial score (nSPS) is 11.0. The van der Waals surface area contributed by atoms with Crippen molar-refractivity contribution in [3.63, 3.8) is 0 Å². The number of anilines is 1. The first-order chi connectivity index (χ1) is 13.4. The minimum atomic E-state index is -2.46. The summed E-state index contributed by atoms with van der Waals surface area (Å²) in [7, 11) is 3.43. The second-order valence-electron chi connectivity index (χ2n) is 6.04. The van der Waals surface area contributed by atoms with E-state index >= 15 is 0 Å². The maximum absolute atomic E-state index is 12.3. The number of thioether (sulfide) groups is 1. The molecule has 0 aliphatic heterocycles. The summed E-state index contributed by atoms with van der Waals surface area (Å²) in [6.45, 7) is 3.20. The van der Waals surface area contributed by atoms with Gasteiger partial charge in [0.05, 0.1) is 20.3 Å². The van der Waals surface area contributed by atoms with E-state index in [2.05, 4.69) is 5.32 Å². The molecule has 0 saturated carbocycles. The highest BCUT2D eigenvalue weighted by Gasteiger charge is 2.11. The van der Waals surface area contributed by atoms with Crippen molar-refractivity contribution < 1.29 is 23.0 Å². The van der Waals surface area contributed by atoms with Crippen LogP contribution in [0, 0.1) is 0 Å². The third-order valence-corrected chi connectivity index (χ3v) is 4.48. The van der Waals surface area contributed by atoms with Crippen molar-refractivity contribution in [2.24, 2.45) is 0 Å². The zero-order valence-electron chi connectivity index (χ0n) is 16.1. The van der Waals surface area contributed by atoms with Crippen LogP contribution in [0.5, 0.6) is 11.5 Å². The summed E-state index contributed by atoms with van der Waals surface area (Å²) in [4.78, 5) is 14.5. The largest absolute Gasteiger partial charge is 0.493 e. The van der Waals surface area contributed by atoms with Crippen molar-refractivity contribution in [1.82, 2.24) is 4.90 Å². The molecule has 8 heteroatoms. The van der Waals surface area contributed by atoms with Crippen LogP contribution in [0.3, 0.4) is 0 Å². The molecule has 2 aromatic carbocycles. The Kier molecular flexibility index (Phi) is 8.53. The first-order valence-corrected chi connectivity index (χ1v) is 9.62. The van der Waals surface area contributed by atoms with Crippen LogP contribution in [0.1, 0.15) is 12.5 Å². The van der Waals surface area contributed by atoms with E-state index in [1.807, 2.05) is 37.1 Å². The van der Waals surface area contributed by atoms with Gasteiger partial charge in [0.25, 0.3) is 5.76 Å². The second-order valence-corrected chi connectivity index (χ2v) is 7.11. The van der Waals surface area contributed by atoms with Crippen molar-refractivity contribution in [3.8, 4) is 11.5 Å². The predicted molar refractivity (Wildman–Crippen MR) is 107 cm³/mol. The number of alkyl halides is 2. The number of likely N-dealkylation sites (N-methyl/N-ethyl adjacent to an activating group) is 1. The summed E-state index contributed by atoms with van der Waals surface area (Å²) < 4.78 is 35.5. The van der Waals surface area contributed by atoms with Crippen molar-refractivity contribution in [1.29, 1.82) is 0 Å². The Labute approximate surface area is 168 Å². The molecule has 0 unspecified atom stereocenters. The van der Waals surface area contributed by atoms with E-state index in [1.54, 1.807) is 31.4 Å². The third kappa shape index (κ3) is 7.01. The number of carbonyl (C=O) groups excluding carboxylic acids is 1. The molecule has 0 heterocycles. The molecule has 152 valence electrons. The number of hydrogen-bond acceptors (Lipinski definition) is 5. The molecule has 1 N–H and O–H groups in total. The molecular weight excluding hydrogens is 386 g/mol. The Morgan fingerprint density at radius 3 is 2.50 bits per heavy atom. The van der Waals surface area contributed by atoms with E-state index in [9.17, 15) is 13.6 Å². The fourth-order valence-corrected chi connectivity index (χ4v) is 3.12. The van der Waals surface area contributed by atoms with E-state index in [0.717, 1.165) is 5.56 Å². The van der Waals surface area contributed by atoms with Gasteiger partial charge < -0.3 is 14.8 Å². The Morgan fingerprint density at radius 2 is 1.89 bits per heavy atom. The molecule has 2 aromatic rings. The average molecular weight is 410 g/mol. The Hall–Kier alpha value is -2.32. The van der Waals surface area contributed by atoms with Gasteiger partial charge in [0.2, 0.25) is 5.91 Å². The number of nitrogens with zero attached hydrogens (tertiary/aromatic N) is 1. The predicted octanol–water partition coefficient (Wildman–Crippen LogP) is 4.48. The maximum Gasteiger partial charge on any atom is 0.288 e. The zero-order valence-corrected chi connectivity index (χ0v) is 16.9. The fraction of sp³-hybridized carbons (Fsp3) is 0.350. The molecule has 5 nitrogen and oxygen atoms in total. The molecule has 1 amide bonds. The average Bonchev–Trinajstić information content (AvgIpc) is 2.64. The van der Waals surface area contributed by atoms with Crippen LogP contribution in [0.15, 0.2) is 47.4 Å². The van der Waals surface area contributed by atoms with Gasteiger partial charge in [0, 0.05) is 17.1 Å². The van der Waals surface area contributed by atoms with Crippen LogP contribution in [0.4, 0.5) is 14.5 Å². The monoisotopic (exact) mass is 410 g/mol. The van der Waals surface area contributed by atoms with Crippen LogP contribution in [-0.2, 0) is 11.3 Å². The van der Waals surface area contributed by atoms with Crippen molar-refractivity contribution in [2.75, 3.05) is 32.6 Å². The van der Waals surface area contributed by atoms with Crippen LogP contribution in [0.25, 0.3) is 0 Å². The van der Waals surface area contributed by atoms with Crippen molar-refractivity contribution in [2.45, 2.75) is 24.1 Å². The smallest absolute Gasteiger partial charge is 0.288 e. The zero-order chi connectivity index (χ0) is 20.5. The van der Waals surface area contributed by atoms with Crippen LogP contribution < -0.4 is 14.8 Å². The van der Waals surface area contributed by atoms with E-state index in [-0.39, 0.29) is 12.5 Å². The molecule has 0 aliphatic carbocycles. The van der Waals surface area contributed by atoms with Gasteiger partial charge in [-0.25, -0.2) is 0 Å². The highest BCUT2D eigenvalue weighted by Crippen LogP contribution is 2.28. The SMILES string of the molecule is CCOc1ccc(CN(C)CC(=O)Nc2ccc(SC(F)F)cc2)cc1OC. The van der Waals surface area contributed by atoms with Crippen molar-refractivity contribution >= 4 is 23.4 Å². The number of benzene rings is 2. The number of nitrogens with one attached hydrogen (secondary N) is 1. The lowest BCUT2D eigenvalue weighted by molar-refractivity contribution is -0.117. The standard InChI is InChI=1S/C20H24F2N2O3S/c1-4-27-17-10-5-14(11-18(17)26-3)12-24(2)13-19(25)23-15-6-8-16(9-7-15)28-20(21)22/h5-11,20H,4,12-13H2,1-3H3,(H,23,25). The number of amides is 1. The lowest BCUT2D eigenvalue weighted by Gasteiger charge is -2.18. The van der Waals surface area contributed by atoms with E-state index in [0.29, 0.717) is 47.0 Å². The molecule has 0 radical (unpaired) electrons. The molecule has 0 bridgehead atoms. The molecule has 2 rings (SSSR count).